The van der Waals surface area contributed by atoms with Crippen LogP contribution >= 0.6 is 0 Å². The van der Waals surface area contributed by atoms with Gasteiger partial charge in [0.15, 0.2) is 0 Å². The van der Waals surface area contributed by atoms with Crippen LogP contribution in [0, 0.1) is 52.8 Å². The molecule has 32 heavy (non-hydrogen) atoms. The number of piperidine rings is 2. The van der Waals surface area contributed by atoms with E-state index in [1.54, 1.807) is 0 Å². The number of aliphatic hydroxyl groups excluding tert-OH is 1. The molecule has 0 radical (unpaired) electrons. The molecule has 180 valence electrons. The third-order valence-corrected chi connectivity index (χ3v) is 12.1. The zero-order valence-electron chi connectivity index (χ0n) is 20.2. The normalized spacial score (nSPS) is 61.8. The third kappa shape index (κ3) is 2.86. The van der Waals surface area contributed by atoms with Crippen molar-refractivity contribution in [3.63, 3.8) is 0 Å². The highest BCUT2D eigenvalue weighted by Gasteiger charge is 2.68. The van der Waals surface area contributed by atoms with Gasteiger partial charge in [0.25, 0.3) is 0 Å². The Kier molecular flexibility index (Phi) is 4.83. The lowest BCUT2D eigenvalue weighted by atomic mass is 9.51. The average Bonchev–Trinajstić information content (AvgIpc) is 3.08. The molecule has 0 spiro atoms. The lowest BCUT2D eigenvalue weighted by Crippen LogP contribution is -2.74. The Hall–Kier alpha value is -0.490. The maximum absolute atomic E-state index is 13.3. The molecule has 6 aliphatic rings. The van der Waals surface area contributed by atoms with Crippen molar-refractivity contribution in [3.8, 4) is 0 Å². The van der Waals surface area contributed by atoms with E-state index in [2.05, 4.69) is 13.8 Å². The van der Waals surface area contributed by atoms with E-state index in [1.165, 1.54) is 0 Å². The molecule has 6 rings (SSSR count). The van der Waals surface area contributed by atoms with Gasteiger partial charge in [0.1, 0.15) is 30.5 Å². The molecule has 13 atom stereocenters. The number of hydrogen-bond acceptors (Lipinski definition) is 4. The molecular weight excluding hydrogens is 402 g/mol. The molecule has 5 nitrogen and oxygen atoms in total. The van der Waals surface area contributed by atoms with Crippen LogP contribution in [0.15, 0.2) is 0 Å². The van der Waals surface area contributed by atoms with Gasteiger partial charge in [-0.15, -0.1) is 0 Å². The van der Waals surface area contributed by atoms with Crippen molar-refractivity contribution in [3.05, 3.63) is 0 Å². The van der Waals surface area contributed by atoms with Crippen LogP contribution in [0.4, 0.5) is 0 Å². The van der Waals surface area contributed by atoms with Gasteiger partial charge in [0.2, 0.25) is 0 Å². The number of ketones is 1. The van der Waals surface area contributed by atoms with Crippen LogP contribution < -0.4 is 0 Å². The van der Waals surface area contributed by atoms with Crippen molar-refractivity contribution in [1.82, 2.24) is 0 Å². The number of hydrogen-bond donors (Lipinski definition) is 3. The molecule has 4 saturated carbocycles. The lowest BCUT2D eigenvalue weighted by molar-refractivity contribution is -1.14. The molecule has 2 saturated heterocycles. The smallest absolute Gasteiger partial charge is 0.148 e. The van der Waals surface area contributed by atoms with Crippen LogP contribution in [0.2, 0.25) is 0 Å². The Balaban J connectivity index is 1.33. The number of nitrogens with zero attached hydrogens (tertiary/aromatic N) is 1. The maximum Gasteiger partial charge on any atom is 0.148 e. The number of aliphatic hydroxyl groups is 2. The van der Waals surface area contributed by atoms with Crippen LogP contribution in [-0.2, 0) is 4.79 Å². The van der Waals surface area contributed by atoms with Gasteiger partial charge in [0.05, 0.1) is 6.10 Å². The molecule has 0 aromatic carbocycles. The highest BCUT2D eigenvalue weighted by atomic mass is 16.6. The summed E-state index contributed by atoms with van der Waals surface area (Å²) in [5.41, 5.74) is -0.787. The van der Waals surface area contributed by atoms with Crippen LogP contribution in [0.5, 0.6) is 0 Å². The first-order valence-corrected chi connectivity index (χ1v) is 13.6. The summed E-state index contributed by atoms with van der Waals surface area (Å²) in [7, 11) is 0. The van der Waals surface area contributed by atoms with Gasteiger partial charge < -0.3 is 10.2 Å². The fraction of sp³-hybridized carbons (Fsp3) is 0.963. The van der Waals surface area contributed by atoms with Gasteiger partial charge in [-0.3, -0.25) is 4.79 Å². The molecular formula is C27H44NO4+. The van der Waals surface area contributed by atoms with Crippen LogP contribution in [-0.4, -0.2) is 56.7 Å². The summed E-state index contributed by atoms with van der Waals surface area (Å²) in [6.45, 7) is 8.19. The number of rotatable bonds is 0. The average molecular weight is 447 g/mol. The predicted octanol–water partition coefficient (Wildman–Crippen LogP) is 3.79. The topological polar surface area (TPSA) is 77.8 Å². The Morgan fingerprint density at radius 2 is 1.69 bits per heavy atom. The monoisotopic (exact) mass is 446 g/mol. The van der Waals surface area contributed by atoms with Crippen molar-refractivity contribution in [2.45, 2.75) is 96.3 Å². The highest BCUT2D eigenvalue weighted by molar-refractivity contribution is 5.83. The van der Waals surface area contributed by atoms with Gasteiger partial charge in [-0.1, -0.05) is 13.8 Å². The Bertz CT molecular complexity index is 794. The minimum atomic E-state index is -0.812. The van der Waals surface area contributed by atoms with Crippen molar-refractivity contribution in [2.24, 2.45) is 52.8 Å². The molecule has 0 aromatic rings. The molecule has 0 amide bonds. The summed E-state index contributed by atoms with van der Waals surface area (Å²) < 4.78 is 0.0684. The zero-order chi connectivity index (χ0) is 22.6. The van der Waals surface area contributed by atoms with E-state index in [0.717, 1.165) is 58.0 Å². The third-order valence-electron chi connectivity index (χ3n) is 12.1. The minimum Gasteiger partial charge on any atom is -0.393 e. The van der Waals surface area contributed by atoms with Gasteiger partial charge in [-0.05, 0) is 81.0 Å². The van der Waals surface area contributed by atoms with E-state index >= 15 is 0 Å². The number of carbonyl (C=O) groups excluding carboxylic acids is 1. The van der Waals surface area contributed by atoms with E-state index in [9.17, 15) is 20.2 Å². The second-order valence-corrected chi connectivity index (χ2v) is 13.6. The van der Waals surface area contributed by atoms with E-state index in [-0.39, 0.29) is 34.0 Å². The summed E-state index contributed by atoms with van der Waals surface area (Å²) in [6.07, 6.45) is 8.19. The van der Waals surface area contributed by atoms with E-state index < -0.39 is 5.60 Å². The van der Waals surface area contributed by atoms with E-state index in [0.29, 0.717) is 54.1 Å². The second-order valence-electron chi connectivity index (χ2n) is 13.6. The van der Waals surface area contributed by atoms with E-state index in [1.807, 2.05) is 6.92 Å². The molecule has 2 aliphatic heterocycles. The molecule has 5 heteroatoms. The Morgan fingerprint density at radius 3 is 2.47 bits per heavy atom. The summed E-state index contributed by atoms with van der Waals surface area (Å²) in [5, 5.41) is 34.0. The second kappa shape index (κ2) is 7.02. The maximum atomic E-state index is 13.3. The molecule has 6 fully saturated rings. The van der Waals surface area contributed by atoms with Gasteiger partial charge in [-0.25, -0.2) is 5.21 Å². The first-order chi connectivity index (χ1) is 15.0. The number of fused-ring (bicyclic) bond motifs is 8. The summed E-state index contributed by atoms with van der Waals surface area (Å²) in [4.78, 5) is 13.3. The van der Waals surface area contributed by atoms with Crippen LogP contribution in [0.25, 0.3) is 0 Å². The van der Waals surface area contributed by atoms with Crippen LogP contribution in [0.3, 0.4) is 0 Å². The quantitative estimate of drug-likeness (QED) is 0.495. The molecule has 0 aromatic heterocycles. The predicted molar refractivity (Wildman–Crippen MR) is 120 cm³/mol. The fourth-order valence-corrected chi connectivity index (χ4v) is 10.8. The van der Waals surface area contributed by atoms with Crippen molar-refractivity contribution in [1.29, 1.82) is 0 Å². The van der Waals surface area contributed by atoms with E-state index in [4.69, 9.17) is 0 Å². The van der Waals surface area contributed by atoms with Gasteiger partial charge in [0, 0.05) is 36.5 Å². The fourth-order valence-electron chi connectivity index (χ4n) is 10.8. The van der Waals surface area contributed by atoms with Gasteiger partial charge in [-0.2, -0.15) is 4.65 Å². The number of Topliss-reactive ketones (excluding diaryl/α,β-unsaturated/α-hetero) is 1. The SMILES string of the molecule is CC1CCC2C(C)(O)C3CCC4C(CC5C4CC(=O)C4CC(O)CCC45C)C3C[N+]2(O)C1. The minimum absolute atomic E-state index is 0.0247. The first kappa shape index (κ1) is 22.0. The lowest BCUT2D eigenvalue weighted by Gasteiger charge is -2.60. The Labute approximate surface area is 193 Å². The van der Waals surface area contributed by atoms with Crippen molar-refractivity contribution in [2.75, 3.05) is 13.1 Å². The highest BCUT2D eigenvalue weighted by Crippen LogP contribution is 2.67. The standard InChI is InChI=1S/C27H44NO4/c1-15-4-7-25-27(3,31)21-6-5-17-18(20(21)14-28(25,32)13-15)11-22-19(17)12-24(30)23-10-16(29)8-9-26(22,23)2/h15-23,25,29,31-32H,4-14H2,1-3H3/q+1. The molecule has 4 aliphatic carbocycles. The number of carbonyl (C=O) groups is 1. The first-order valence-electron chi connectivity index (χ1n) is 13.6. The van der Waals surface area contributed by atoms with Gasteiger partial charge >= 0.3 is 0 Å². The molecule has 0 bridgehead atoms. The summed E-state index contributed by atoms with van der Waals surface area (Å²) in [6, 6.07) is -0.0523. The molecule has 3 N–H and O–H groups in total. The summed E-state index contributed by atoms with van der Waals surface area (Å²) in [5.74, 6) is 3.67. The number of hydroxylamine groups is 3. The molecule has 13 unspecified atom stereocenters. The van der Waals surface area contributed by atoms with Crippen molar-refractivity contribution >= 4 is 5.78 Å². The van der Waals surface area contributed by atoms with Crippen molar-refractivity contribution < 1.29 is 24.9 Å². The van der Waals surface area contributed by atoms with Crippen LogP contribution in [0.1, 0.15) is 78.6 Å². The number of quaternary nitrogens is 1. The Morgan fingerprint density at radius 1 is 0.906 bits per heavy atom. The largest absolute Gasteiger partial charge is 0.393 e. The molecule has 2 heterocycles. The zero-order valence-corrected chi connectivity index (χ0v) is 20.2. The summed E-state index contributed by atoms with van der Waals surface area (Å²) >= 11 is 0.